The van der Waals surface area contributed by atoms with Gasteiger partial charge < -0.3 is 15.2 Å². The molecule has 0 aliphatic carbocycles. The summed E-state index contributed by atoms with van der Waals surface area (Å²) in [4.78, 5) is 21.8. The van der Waals surface area contributed by atoms with Crippen LogP contribution in [-0.2, 0) is 16.0 Å². The Hall–Kier alpha value is -2.25. The number of halogens is 3. The third-order valence-electron chi connectivity index (χ3n) is 2.30. The summed E-state index contributed by atoms with van der Waals surface area (Å²) < 4.78 is 40.5. The van der Waals surface area contributed by atoms with Gasteiger partial charge in [0.1, 0.15) is 11.8 Å². The Labute approximate surface area is 112 Å². The van der Waals surface area contributed by atoms with Crippen LogP contribution in [0.15, 0.2) is 24.3 Å². The van der Waals surface area contributed by atoms with E-state index in [9.17, 15) is 22.8 Å². The molecule has 1 amide bonds. The van der Waals surface area contributed by atoms with E-state index in [1.165, 1.54) is 18.2 Å². The molecule has 0 heterocycles. The molecule has 1 unspecified atom stereocenters. The van der Waals surface area contributed by atoms with Crippen molar-refractivity contribution < 1.29 is 32.6 Å². The smallest absolute Gasteiger partial charge is 0.480 e. The molecule has 0 aliphatic rings. The van der Waals surface area contributed by atoms with E-state index in [-0.39, 0.29) is 12.0 Å². The molecule has 0 bridgehead atoms. The first kappa shape index (κ1) is 15.8. The molecule has 1 rings (SSSR count). The second kappa shape index (κ2) is 6.27. The number of carboxylic acid groups (broad SMARTS) is 1. The SMILES string of the molecule is CC(=O)NC(Cc1ccccc1OC(F)(F)F)C(=O)O. The summed E-state index contributed by atoms with van der Waals surface area (Å²) in [6.45, 7) is 1.12. The van der Waals surface area contributed by atoms with Crippen molar-refractivity contribution in [2.45, 2.75) is 25.7 Å². The van der Waals surface area contributed by atoms with Crippen LogP contribution in [-0.4, -0.2) is 29.4 Å². The largest absolute Gasteiger partial charge is 0.573 e. The van der Waals surface area contributed by atoms with E-state index in [2.05, 4.69) is 10.1 Å². The van der Waals surface area contributed by atoms with Crippen molar-refractivity contribution >= 4 is 11.9 Å². The summed E-state index contributed by atoms with van der Waals surface area (Å²) in [6.07, 6.45) is -5.19. The fourth-order valence-electron chi connectivity index (χ4n) is 1.56. The molecule has 0 aliphatic heterocycles. The van der Waals surface area contributed by atoms with Crippen molar-refractivity contribution in [2.75, 3.05) is 0 Å². The Morgan fingerprint density at radius 3 is 2.45 bits per heavy atom. The molecule has 2 N–H and O–H groups in total. The maximum atomic E-state index is 12.2. The first-order chi connectivity index (χ1) is 9.19. The van der Waals surface area contributed by atoms with Crippen molar-refractivity contribution in [1.29, 1.82) is 0 Å². The highest BCUT2D eigenvalue weighted by atomic mass is 19.4. The van der Waals surface area contributed by atoms with Gasteiger partial charge >= 0.3 is 12.3 Å². The van der Waals surface area contributed by atoms with Crippen LogP contribution in [0.2, 0.25) is 0 Å². The number of nitrogens with one attached hydrogen (secondary N) is 1. The molecule has 110 valence electrons. The van der Waals surface area contributed by atoms with Gasteiger partial charge in [-0.25, -0.2) is 4.79 Å². The van der Waals surface area contributed by atoms with Crippen molar-refractivity contribution in [3.63, 3.8) is 0 Å². The molecule has 1 atom stereocenters. The van der Waals surface area contributed by atoms with Gasteiger partial charge in [-0.05, 0) is 11.6 Å². The fraction of sp³-hybridized carbons (Fsp3) is 0.333. The van der Waals surface area contributed by atoms with Gasteiger partial charge in [0.25, 0.3) is 0 Å². The van der Waals surface area contributed by atoms with Crippen molar-refractivity contribution in [1.82, 2.24) is 5.32 Å². The summed E-state index contributed by atoms with van der Waals surface area (Å²) >= 11 is 0. The molecule has 1 aromatic carbocycles. The predicted octanol–water partition coefficient (Wildman–Crippen LogP) is 1.72. The van der Waals surface area contributed by atoms with Crippen LogP contribution < -0.4 is 10.1 Å². The summed E-state index contributed by atoms with van der Waals surface area (Å²) in [6, 6.07) is 3.84. The van der Waals surface area contributed by atoms with Gasteiger partial charge in [0, 0.05) is 13.3 Å². The molecule has 0 saturated carbocycles. The van der Waals surface area contributed by atoms with Crippen LogP contribution in [0, 0.1) is 0 Å². The second-order valence-electron chi connectivity index (χ2n) is 3.95. The van der Waals surface area contributed by atoms with E-state index in [4.69, 9.17) is 5.11 Å². The Bertz CT molecular complexity index is 502. The lowest BCUT2D eigenvalue weighted by atomic mass is 10.0. The first-order valence-corrected chi connectivity index (χ1v) is 5.52. The molecule has 0 radical (unpaired) electrons. The zero-order valence-electron chi connectivity index (χ0n) is 10.4. The van der Waals surface area contributed by atoms with E-state index in [1.807, 2.05) is 0 Å². The van der Waals surface area contributed by atoms with Gasteiger partial charge in [0.15, 0.2) is 0 Å². The normalized spacial score (nSPS) is 12.6. The minimum atomic E-state index is -4.87. The van der Waals surface area contributed by atoms with E-state index in [1.54, 1.807) is 0 Å². The number of amides is 1. The van der Waals surface area contributed by atoms with Crippen molar-refractivity contribution in [2.24, 2.45) is 0 Å². The molecular formula is C12H12F3NO4. The molecule has 0 saturated heterocycles. The number of para-hydroxylation sites is 1. The standard InChI is InChI=1S/C12H12F3NO4/c1-7(17)16-9(11(18)19)6-8-4-2-3-5-10(8)20-12(13,14)15/h2-5,9H,6H2,1H3,(H,16,17)(H,18,19). The van der Waals surface area contributed by atoms with Crippen molar-refractivity contribution in [3.05, 3.63) is 29.8 Å². The maximum absolute atomic E-state index is 12.2. The van der Waals surface area contributed by atoms with E-state index >= 15 is 0 Å². The average Bonchev–Trinajstić information content (AvgIpc) is 2.28. The van der Waals surface area contributed by atoms with Crippen LogP contribution in [0.5, 0.6) is 5.75 Å². The molecule has 0 fully saturated rings. The molecule has 20 heavy (non-hydrogen) atoms. The molecule has 0 spiro atoms. The molecule has 0 aromatic heterocycles. The highest BCUT2D eigenvalue weighted by Crippen LogP contribution is 2.27. The van der Waals surface area contributed by atoms with Crippen molar-refractivity contribution in [3.8, 4) is 5.75 Å². The van der Waals surface area contributed by atoms with Gasteiger partial charge in [-0.3, -0.25) is 4.79 Å². The third-order valence-corrected chi connectivity index (χ3v) is 2.30. The number of ether oxygens (including phenoxy) is 1. The lowest BCUT2D eigenvalue weighted by Gasteiger charge is -2.17. The number of carbonyl (C=O) groups excluding carboxylic acids is 1. The first-order valence-electron chi connectivity index (χ1n) is 5.52. The summed E-state index contributed by atoms with van der Waals surface area (Å²) in [5.74, 6) is -2.43. The number of alkyl halides is 3. The van der Waals surface area contributed by atoms with E-state index in [0.717, 1.165) is 13.0 Å². The Morgan fingerprint density at radius 2 is 1.95 bits per heavy atom. The number of carboxylic acids is 1. The topological polar surface area (TPSA) is 75.6 Å². The van der Waals surface area contributed by atoms with Gasteiger partial charge in [-0.1, -0.05) is 18.2 Å². The van der Waals surface area contributed by atoms with Gasteiger partial charge in [-0.15, -0.1) is 13.2 Å². The van der Waals surface area contributed by atoms with E-state index in [0.29, 0.717) is 0 Å². The third kappa shape index (κ3) is 5.17. The lowest BCUT2D eigenvalue weighted by molar-refractivity contribution is -0.274. The summed E-state index contributed by atoms with van der Waals surface area (Å²) in [7, 11) is 0. The Morgan fingerprint density at radius 1 is 1.35 bits per heavy atom. The Balaban J connectivity index is 2.95. The van der Waals surface area contributed by atoms with Crippen LogP contribution in [0.4, 0.5) is 13.2 Å². The molecule has 1 aromatic rings. The molecule has 5 nitrogen and oxygen atoms in total. The van der Waals surface area contributed by atoms with Gasteiger partial charge in [0.05, 0.1) is 0 Å². The zero-order valence-corrected chi connectivity index (χ0v) is 10.4. The average molecular weight is 291 g/mol. The number of hydrogen-bond acceptors (Lipinski definition) is 3. The number of aliphatic carboxylic acids is 1. The molecular weight excluding hydrogens is 279 g/mol. The van der Waals surface area contributed by atoms with Crippen LogP contribution in [0.25, 0.3) is 0 Å². The minimum absolute atomic E-state index is 0.0333. The highest BCUT2D eigenvalue weighted by molar-refractivity contribution is 5.82. The highest BCUT2D eigenvalue weighted by Gasteiger charge is 2.32. The number of rotatable bonds is 5. The zero-order chi connectivity index (χ0) is 15.3. The van der Waals surface area contributed by atoms with Crippen LogP contribution in [0.3, 0.4) is 0 Å². The predicted molar refractivity (Wildman–Crippen MR) is 62.1 cm³/mol. The summed E-state index contributed by atoms with van der Waals surface area (Å²) in [5, 5.41) is 11.1. The van der Waals surface area contributed by atoms with Gasteiger partial charge in [-0.2, -0.15) is 0 Å². The lowest BCUT2D eigenvalue weighted by Crippen LogP contribution is -2.41. The monoisotopic (exact) mass is 291 g/mol. The Kier molecular flexibility index (Phi) is 4.95. The van der Waals surface area contributed by atoms with E-state index < -0.39 is 30.0 Å². The quantitative estimate of drug-likeness (QED) is 0.866. The fourth-order valence-corrected chi connectivity index (χ4v) is 1.56. The van der Waals surface area contributed by atoms with Crippen LogP contribution >= 0.6 is 0 Å². The number of hydrogen-bond donors (Lipinski definition) is 2. The maximum Gasteiger partial charge on any atom is 0.573 e. The second-order valence-corrected chi connectivity index (χ2v) is 3.95. The van der Waals surface area contributed by atoms with Gasteiger partial charge in [0.2, 0.25) is 5.91 Å². The summed E-state index contributed by atoms with van der Waals surface area (Å²) in [5.41, 5.74) is 0.0333. The van der Waals surface area contributed by atoms with Crippen LogP contribution in [0.1, 0.15) is 12.5 Å². The number of carbonyl (C=O) groups is 2. The minimum Gasteiger partial charge on any atom is -0.480 e. The molecule has 8 heteroatoms. The number of benzene rings is 1.